The second kappa shape index (κ2) is 5.33. The molecule has 0 aliphatic heterocycles. The summed E-state index contributed by atoms with van der Waals surface area (Å²) in [6, 6.07) is 3.11. The van der Waals surface area contributed by atoms with E-state index in [-0.39, 0.29) is 0 Å². The van der Waals surface area contributed by atoms with Crippen LogP contribution in [0, 0.1) is 0 Å². The Hall–Kier alpha value is -0.590. The van der Waals surface area contributed by atoms with Gasteiger partial charge in [0.1, 0.15) is 0 Å². The number of amides is 1. The van der Waals surface area contributed by atoms with Gasteiger partial charge in [0.15, 0.2) is 0 Å². The lowest BCUT2D eigenvalue weighted by Gasteiger charge is -2.05. The van der Waals surface area contributed by atoms with Gasteiger partial charge in [-0.25, -0.2) is 4.98 Å². The summed E-state index contributed by atoms with van der Waals surface area (Å²) in [5.74, 6) is -0.0427. The molecule has 0 bridgehead atoms. The Kier molecular flexibility index (Phi) is 4.37. The molecule has 0 aliphatic rings. The lowest BCUT2D eigenvalue weighted by Crippen LogP contribution is -2.38. The van der Waals surface area contributed by atoms with Crippen LogP contribution in [-0.4, -0.2) is 22.7 Å². The van der Waals surface area contributed by atoms with Crippen LogP contribution in [0.15, 0.2) is 27.8 Å². The van der Waals surface area contributed by atoms with Crippen molar-refractivity contribution >= 4 is 33.6 Å². The molecule has 76 valence electrons. The molecule has 0 spiro atoms. The van der Waals surface area contributed by atoms with Crippen molar-refractivity contribution in [2.75, 3.05) is 5.75 Å². The van der Waals surface area contributed by atoms with E-state index < -0.39 is 11.9 Å². The first-order chi connectivity index (χ1) is 6.59. The van der Waals surface area contributed by atoms with Gasteiger partial charge < -0.3 is 11.5 Å². The molecular weight excluding hydrogens is 266 g/mol. The molecule has 4 N–H and O–H groups in total. The third-order valence-electron chi connectivity index (χ3n) is 1.48. The molecule has 1 rings (SSSR count). The van der Waals surface area contributed by atoms with Gasteiger partial charge in [-0.3, -0.25) is 4.79 Å². The SMILES string of the molecule is NC(=O)C(N)CSc1ccc(Br)cn1. The quantitative estimate of drug-likeness (QED) is 0.795. The Balaban J connectivity index is 2.46. The average Bonchev–Trinajstić information content (AvgIpc) is 2.16. The molecule has 0 radical (unpaired) electrons. The minimum atomic E-state index is -0.620. The van der Waals surface area contributed by atoms with E-state index in [1.54, 1.807) is 6.20 Å². The molecule has 0 aromatic carbocycles. The van der Waals surface area contributed by atoms with Crippen LogP contribution < -0.4 is 11.5 Å². The van der Waals surface area contributed by atoms with Crippen molar-refractivity contribution in [2.24, 2.45) is 11.5 Å². The zero-order valence-electron chi connectivity index (χ0n) is 7.31. The van der Waals surface area contributed by atoms with Crippen molar-refractivity contribution in [1.82, 2.24) is 4.98 Å². The number of rotatable bonds is 4. The van der Waals surface area contributed by atoms with E-state index in [2.05, 4.69) is 20.9 Å². The van der Waals surface area contributed by atoms with Crippen molar-refractivity contribution in [3.63, 3.8) is 0 Å². The largest absolute Gasteiger partial charge is 0.368 e. The molecule has 0 saturated carbocycles. The number of primary amides is 1. The number of carbonyl (C=O) groups excluding carboxylic acids is 1. The number of hydrogen-bond acceptors (Lipinski definition) is 4. The summed E-state index contributed by atoms with van der Waals surface area (Å²) in [5, 5.41) is 0.824. The van der Waals surface area contributed by atoms with Gasteiger partial charge >= 0.3 is 0 Å². The highest BCUT2D eigenvalue weighted by molar-refractivity contribution is 9.10. The van der Waals surface area contributed by atoms with Crippen molar-refractivity contribution < 1.29 is 4.79 Å². The van der Waals surface area contributed by atoms with E-state index in [1.807, 2.05) is 12.1 Å². The van der Waals surface area contributed by atoms with E-state index in [9.17, 15) is 4.79 Å². The van der Waals surface area contributed by atoms with Crippen LogP contribution in [0.4, 0.5) is 0 Å². The van der Waals surface area contributed by atoms with Crippen LogP contribution in [0.3, 0.4) is 0 Å². The summed E-state index contributed by atoms with van der Waals surface area (Å²) >= 11 is 4.69. The van der Waals surface area contributed by atoms with Gasteiger partial charge in [0.25, 0.3) is 0 Å². The molecule has 1 unspecified atom stereocenters. The van der Waals surface area contributed by atoms with Gasteiger partial charge in [0.2, 0.25) is 5.91 Å². The summed E-state index contributed by atoms with van der Waals surface area (Å²) in [6.07, 6.45) is 1.69. The highest BCUT2D eigenvalue weighted by Crippen LogP contribution is 2.17. The lowest BCUT2D eigenvalue weighted by molar-refractivity contribution is -0.118. The first-order valence-corrected chi connectivity index (χ1v) is 5.66. The maximum atomic E-state index is 10.6. The molecule has 0 aliphatic carbocycles. The van der Waals surface area contributed by atoms with Gasteiger partial charge in [-0.2, -0.15) is 0 Å². The van der Waals surface area contributed by atoms with Crippen molar-refractivity contribution in [1.29, 1.82) is 0 Å². The van der Waals surface area contributed by atoms with Crippen molar-refractivity contribution in [3.05, 3.63) is 22.8 Å². The smallest absolute Gasteiger partial charge is 0.235 e. The maximum Gasteiger partial charge on any atom is 0.235 e. The van der Waals surface area contributed by atoms with E-state index in [0.717, 1.165) is 9.50 Å². The predicted molar refractivity (Wildman–Crippen MR) is 59.8 cm³/mol. The second-order valence-corrected chi connectivity index (χ2v) is 4.59. The number of carbonyl (C=O) groups is 1. The topological polar surface area (TPSA) is 82.0 Å². The Morgan fingerprint density at radius 2 is 2.36 bits per heavy atom. The molecule has 1 aromatic rings. The summed E-state index contributed by atoms with van der Waals surface area (Å²) < 4.78 is 0.918. The number of aromatic nitrogens is 1. The third-order valence-corrected chi connectivity index (χ3v) is 3.01. The fraction of sp³-hybridized carbons (Fsp3) is 0.250. The van der Waals surface area contributed by atoms with Gasteiger partial charge in [0.05, 0.1) is 11.1 Å². The first kappa shape index (κ1) is 11.5. The highest BCUT2D eigenvalue weighted by atomic mass is 79.9. The fourth-order valence-corrected chi connectivity index (χ4v) is 1.75. The molecule has 6 heteroatoms. The van der Waals surface area contributed by atoms with Gasteiger partial charge in [0, 0.05) is 16.4 Å². The van der Waals surface area contributed by atoms with E-state index in [1.165, 1.54) is 11.8 Å². The molecule has 4 nitrogen and oxygen atoms in total. The average molecular weight is 276 g/mol. The third kappa shape index (κ3) is 3.65. The van der Waals surface area contributed by atoms with Crippen molar-refractivity contribution in [3.8, 4) is 0 Å². The molecule has 14 heavy (non-hydrogen) atoms. The Bertz CT molecular complexity index is 317. The number of thioether (sulfide) groups is 1. The van der Waals surface area contributed by atoms with Crippen LogP contribution in [0.25, 0.3) is 0 Å². The van der Waals surface area contributed by atoms with Gasteiger partial charge in [-0.1, -0.05) is 0 Å². The number of hydrogen-bond donors (Lipinski definition) is 2. The lowest BCUT2D eigenvalue weighted by atomic mass is 10.3. The zero-order valence-corrected chi connectivity index (χ0v) is 9.72. The zero-order chi connectivity index (χ0) is 10.6. The predicted octanol–water partition coefficient (Wildman–Crippen LogP) is 0.749. The Morgan fingerprint density at radius 1 is 1.64 bits per heavy atom. The highest BCUT2D eigenvalue weighted by Gasteiger charge is 2.09. The molecule has 1 heterocycles. The minimum absolute atomic E-state index is 0.448. The molecule has 0 saturated heterocycles. The summed E-state index contributed by atoms with van der Waals surface area (Å²) in [5.41, 5.74) is 10.5. The monoisotopic (exact) mass is 275 g/mol. The minimum Gasteiger partial charge on any atom is -0.368 e. The Morgan fingerprint density at radius 3 is 2.86 bits per heavy atom. The first-order valence-electron chi connectivity index (χ1n) is 3.89. The molecule has 0 fully saturated rings. The van der Waals surface area contributed by atoms with Crippen LogP contribution in [0.2, 0.25) is 0 Å². The fourth-order valence-electron chi connectivity index (χ4n) is 0.705. The molecule has 1 atom stereocenters. The summed E-state index contributed by atoms with van der Waals surface area (Å²) in [4.78, 5) is 14.7. The second-order valence-electron chi connectivity index (χ2n) is 2.63. The molecule has 1 amide bonds. The van der Waals surface area contributed by atoms with Crippen LogP contribution in [-0.2, 0) is 4.79 Å². The van der Waals surface area contributed by atoms with Gasteiger partial charge in [-0.05, 0) is 28.1 Å². The number of halogens is 1. The van der Waals surface area contributed by atoms with Gasteiger partial charge in [-0.15, -0.1) is 11.8 Å². The van der Waals surface area contributed by atoms with E-state index >= 15 is 0 Å². The van der Waals surface area contributed by atoms with Crippen LogP contribution >= 0.6 is 27.7 Å². The number of pyridine rings is 1. The normalized spacial score (nSPS) is 12.4. The number of nitrogens with two attached hydrogens (primary N) is 2. The van der Waals surface area contributed by atoms with E-state index in [4.69, 9.17) is 11.5 Å². The molecular formula is C8H10BrN3OS. The maximum absolute atomic E-state index is 10.6. The Labute approximate surface area is 94.6 Å². The standard InChI is InChI=1S/C8H10BrN3OS/c9-5-1-2-7(12-3-5)14-4-6(10)8(11)13/h1-3,6H,4,10H2,(H2,11,13). The van der Waals surface area contributed by atoms with Crippen molar-refractivity contribution in [2.45, 2.75) is 11.1 Å². The number of nitrogens with zero attached hydrogens (tertiary/aromatic N) is 1. The van der Waals surface area contributed by atoms with Crippen LogP contribution in [0.5, 0.6) is 0 Å². The summed E-state index contributed by atoms with van der Waals surface area (Å²) in [7, 11) is 0. The van der Waals surface area contributed by atoms with E-state index in [0.29, 0.717) is 5.75 Å². The molecule has 1 aromatic heterocycles. The van der Waals surface area contributed by atoms with Crippen LogP contribution in [0.1, 0.15) is 0 Å². The summed E-state index contributed by atoms with van der Waals surface area (Å²) in [6.45, 7) is 0.